The number of rotatable bonds is 4. The molecule has 6 heteroatoms. The Morgan fingerprint density at radius 2 is 2.15 bits per heavy atom. The Morgan fingerprint density at radius 1 is 1.45 bits per heavy atom. The van der Waals surface area contributed by atoms with Crippen molar-refractivity contribution >= 4 is 34.3 Å². The van der Waals surface area contributed by atoms with Crippen molar-refractivity contribution < 1.29 is 9.53 Å². The van der Waals surface area contributed by atoms with E-state index in [1.165, 1.54) is 39.2 Å². The van der Waals surface area contributed by atoms with Crippen LogP contribution in [0.4, 0.5) is 0 Å². The van der Waals surface area contributed by atoms with Crippen molar-refractivity contribution in [1.29, 1.82) is 0 Å². The van der Waals surface area contributed by atoms with Crippen molar-refractivity contribution in [2.45, 2.75) is 51.0 Å². The van der Waals surface area contributed by atoms with Gasteiger partial charge in [-0.15, -0.1) is 28.3 Å². The van der Waals surface area contributed by atoms with Gasteiger partial charge in [0.1, 0.15) is 0 Å². The molecule has 1 fully saturated rings. The lowest BCUT2D eigenvalue weighted by Crippen LogP contribution is -2.19. The summed E-state index contributed by atoms with van der Waals surface area (Å²) >= 11 is 1.67. The van der Waals surface area contributed by atoms with Crippen LogP contribution in [0.15, 0.2) is 10.4 Å². The highest BCUT2D eigenvalue weighted by atomic mass is 79.9. The van der Waals surface area contributed by atoms with Gasteiger partial charge in [0.15, 0.2) is 4.80 Å². The number of aryl methyl sites for hydroxylation is 1. The SMILES string of the molecule is Br.COC(=O)CCc1csc(=NC2CCCCC2)n1C. The molecule has 0 amide bonds. The summed E-state index contributed by atoms with van der Waals surface area (Å²) in [6.07, 6.45) is 7.55. The molecule has 1 heterocycles. The van der Waals surface area contributed by atoms with Crippen LogP contribution in [0.25, 0.3) is 0 Å². The number of carbonyl (C=O) groups is 1. The quantitative estimate of drug-likeness (QED) is 0.772. The van der Waals surface area contributed by atoms with Gasteiger partial charge in [0, 0.05) is 18.1 Å². The zero-order valence-corrected chi connectivity index (χ0v) is 14.7. The molecule has 4 nitrogen and oxygen atoms in total. The van der Waals surface area contributed by atoms with E-state index in [1.807, 2.05) is 7.05 Å². The number of ether oxygens (including phenoxy) is 1. The van der Waals surface area contributed by atoms with Gasteiger partial charge in [-0.2, -0.15) is 0 Å². The Labute approximate surface area is 134 Å². The van der Waals surface area contributed by atoms with Crippen LogP contribution in [0.2, 0.25) is 0 Å². The predicted octanol–water partition coefficient (Wildman–Crippen LogP) is 3.00. The van der Waals surface area contributed by atoms with Crippen LogP contribution in [-0.4, -0.2) is 23.7 Å². The first kappa shape index (κ1) is 17.4. The monoisotopic (exact) mass is 362 g/mol. The smallest absolute Gasteiger partial charge is 0.305 e. The third kappa shape index (κ3) is 4.74. The van der Waals surface area contributed by atoms with Gasteiger partial charge in [0.05, 0.1) is 19.6 Å². The molecule has 0 unspecified atom stereocenters. The van der Waals surface area contributed by atoms with Crippen LogP contribution >= 0.6 is 28.3 Å². The standard InChI is InChI=1S/C14H22N2O2S.BrH/c1-16-12(8-9-13(17)18-2)10-19-14(16)15-11-6-4-3-5-7-11;/h10-11H,3-9H2,1-2H3;1H. The topological polar surface area (TPSA) is 43.6 Å². The van der Waals surface area contributed by atoms with Gasteiger partial charge in [0.25, 0.3) is 0 Å². The van der Waals surface area contributed by atoms with Gasteiger partial charge in [-0.3, -0.25) is 9.79 Å². The summed E-state index contributed by atoms with van der Waals surface area (Å²) in [5.41, 5.74) is 1.16. The van der Waals surface area contributed by atoms with Crippen LogP contribution < -0.4 is 4.80 Å². The molecular weight excluding hydrogens is 340 g/mol. The third-order valence-corrected chi connectivity index (χ3v) is 4.68. The molecule has 2 rings (SSSR count). The Hall–Kier alpha value is -0.620. The van der Waals surface area contributed by atoms with Crippen molar-refractivity contribution in [3.63, 3.8) is 0 Å². The van der Waals surface area contributed by atoms with E-state index >= 15 is 0 Å². The zero-order valence-electron chi connectivity index (χ0n) is 12.1. The lowest BCUT2D eigenvalue weighted by Gasteiger charge is -2.16. The third-order valence-electron chi connectivity index (χ3n) is 3.70. The lowest BCUT2D eigenvalue weighted by molar-refractivity contribution is -0.140. The van der Waals surface area contributed by atoms with Gasteiger partial charge >= 0.3 is 5.97 Å². The maximum Gasteiger partial charge on any atom is 0.305 e. The number of esters is 1. The van der Waals surface area contributed by atoms with E-state index in [0.717, 1.165) is 16.9 Å². The van der Waals surface area contributed by atoms with E-state index in [0.29, 0.717) is 12.5 Å². The van der Waals surface area contributed by atoms with Crippen LogP contribution in [0, 0.1) is 0 Å². The minimum absolute atomic E-state index is 0. The van der Waals surface area contributed by atoms with Crippen molar-refractivity contribution in [3.05, 3.63) is 15.9 Å². The second-order valence-electron chi connectivity index (χ2n) is 5.07. The van der Waals surface area contributed by atoms with Gasteiger partial charge in [0.2, 0.25) is 0 Å². The second-order valence-corrected chi connectivity index (χ2v) is 5.90. The van der Waals surface area contributed by atoms with Crippen molar-refractivity contribution in [3.8, 4) is 0 Å². The van der Waals surface area contributed by atoms with E-state index in [2.05, 4.69) is 14.7 Å². The van der Waals surface area contributed by atoms with Gasteiger partial charge in [-0.05, 0) is 19.3 Å². The first-order valence-corrected chi connectivity index (χ1v) is 7.82. The lowest BCUT2D eigenvalue weighted by atomic mass is 9.96. The van der Waals surface area contributed by atoms with E-state index in [-0.39, 0.29) is 23.0 Å². The molecule has 1 aliphatic carbocycles. The summed E-state index contributed by atoms with van der Waals surface area (Å²) in [7, 11) is 3.46. The van der Waals surface area contributed by atoms with Crippen LogP contribution in [-0.2, 0) is 23.0 Å². The zero-order chi connectivity index (χ0) is 13.7. The Balaban J connectivity index is 0.00000200. The minimum Gasteiger partial charge on any atom is -0.469 e. The first-order chi connectivity index (χ1) is 9.20. The highest BCUT2D eigenvalue weighted by Gasteiger charge is 2.12. The normalized spacial score (nSPS) is 16.8. The molecule has 0 saturated heterocycles. The van der Waals surface area contributed by atoms with Gasteiger partial charge in [-0.25, -0.2) is 0 Å². The molecule has 0 spiro atoms. The van der Waals surface area contributed by atoms with Crippen molar-refractivity contribution in [2.75, 3.05) is 7.11 Å². The van der Waals surface area contributed by atoms with Crippen LogP contribution in [0.1, 0.15) is 44.2 Å². The average molecular weight is 363 g/mol. The summed E-state index contributed by atoms with van der Waals surface area (Å²) < 4.78 is 6.79. The largest absolute Gasteiger partial charge is 0.469 e. The van der Waals surface area contributed by atoms with Gasteiger partial charge in [-0.1, -0.05) is 19.3 Å². The van der Waals surface area contributed by atoms with Crippen LogP contribution in [0.5, 0.6) is 0 Å². The molecule has 1 aliphatic rings. The maximum absolute atomic E-state index is 11.2. The van der Waals surface area contributed by atoms with Gasteiger partial charge < -0.3 is 9.30 Å². The predicted molar refractivity (Wildman–Crippen MR) is 86.4 cm³/mol. The number of hydrogen-bond donors (Lipinski definition) is 0. The fourth-order valence-corrected chi connectivity index (χ4v) is 3.45. The Bertz CT molecular complexity index is 490. The highest BCUT2D eigenvalue weighted by Crippen LogP contribution is 2.20. The average Bonchev–Trinajstić information content (AvgIpc) is 2.78. The molecule has 114 valence electrons. The summed E-state index contributed by atoms with van der Waals surface area (Å²) in [4.78, 5) is 17.1. The Morgan fingerprint density at radius 3 is 2.80 bits per heavy atom. The molecule has 0 aromatic carbocycles. The molecule has 0 bridgehead atoms. The second kappa shape index (κ2) is 8.62. The summed E-state index contributed by atoms with van der Waals surface area (Å²) in [6.45, 7) is 0. The summed E-state index contributed by atoms with van der Waals surface area (Å²) in [6, 6.07) is 0.493. The van der Waals surface area contributed by atoms with E-state index < -0.39 is 0 Å². The molecule has 1 saturated carbocycles. The van der Waals surface area contributed by atoms with Crippen molar-refractivity contribution in [1.82, 2.24) is 4.57 Å². The number of halogens is 1. The number of carbonyl (C=O) groups excluding carboxylic acids is 1. The maximum atomic E-state index is 11.2. The number of nitrogens with zero attached hydrogens (tertiary/aromatic N) is 2. The molecule has 20 heavy (non-hydrogen) atoms. The number of thiazole rings is 1. The molecule has 0 radical (unpaired) electrons. The van der Waals surface area contributed by atoms with Crippen molar-refractivity contribution in [2.24, 2.45) is 12.0 Å². The van der Waals surface area contributed by atoms with Crippen LogP contribution in [0.3, 0.4) is 0 Å². The molecule has 0 atom stereocenters. The molecular formula is C14H23BrN2O2S. The number of aromatic nitrogens is 1. The number of methoxy groups -OCH3 is 1. The van der Waals surface area contributed by atoms with E-state index in [9.17, 15) is 4.79 Å². The summed E-state index contributed by atoms with van der Waals surface area (Å²) in [5.74, 6) is -0.156. The van der Waals surface area contributed by atoms with E-state index in [1.54, 1.807) is 11.3 Å². The molecule has 1 aromatic rings. The molecule has 0 aliphatic heterocycles. The number of hydrogen-bond acceptors (Lipinski definition) is 4. The molecule has 1 aromatic heterocycles. The highest BCUT2D eigenvalue weighted by molar-refractivity contribution is 8.93. The first-order valence-electron chi connectivity index (χ1n) is 6.94. The Kier molecular flexibility index (Phi) is 7.51. The summed E-state index contributed by atoms with van der Waals surface area (Å²) in [5, 5.41) is 2.10. The van der Waals surface area contributed by atoms with E-state index in [4.69, 9.17) is 4.99 Å². The molecule has 0 N–H and O–H groups in total. The minimum atomic E-state index is -0.156. The fraction of sp³-hybridized carbons (Fsp3) is 0.714. The fourth-order valence-electron chi connectivity index (χ4n) is 2.44.